The van der Waals surface area contributed by atoms with Gasteiger partial charge >= 0.3 is 13.8 Å². The predicted molar refractivity (Wildman–Crippen MR) is 134 cm³/mol. The average molecular weight is 551 g/mol. The fourth-order valence-electron chi connectivity index (χ4n) is 3.93. The van der Waals surface area contributed by atoms with E-state index in [1.54, 1.807) is 13.1 Å². The van der Waals surface area contributed by atoms with Crippen LogP contribution < -0.4 is 15.4 Å². The van der Waals surface area contributed by atoms with Crippen molar-refractivity contribution in [2.75, 3.05) is 17.7 Å². The number of halogens is 3. The van der Waals surface area contributed by atoms with Crippen molar-refractivity contribution in [3.05, 3.63) is 64.8 Å². The summed E-state index contributed by atoms with van der Waals surface area (Å²) >= 11 is 0. The number of alkyl halides is 3. The van der Waals surface area contributed by atoms with Gasteiger partial charge in [0.1, 0.15) is 17.1 Å². The number of carbonyl (C=O) groups is 1. The molecule has 4 rings (SSSR count). The first kappa shape index (κ1) is 27.4. The first-order chi connectivity index (χ1) is 17.7. The van der Waals surface area contributed by atoms with E-state index >= 15 is 0 Å². The second-order valence-electron chi connectivity index (χ2n) is 9.02. The normalized spacial score (nSPS) is 13.6. The Bertz CT molecular complexity index is 1410. The molecule has 0 atom stereocenters. The summed E-state index contributed by atoms with van der Waals surface area (Å²) in [5.74, 6) is -0.618. The highest BCUT2D eigenvalue weighted by molar-refractivity contribution is 7.50. The van der Waals surface area contributed by atoms with Crippen LogP contribution in [-0.2, 0) is 23.4 Å². The topological polar surface area (TPSA) is 137 Å². The number of ether oxygens (including phenoxy) is 1. The maximum atomic E-state index is 13.8. The summed E-state index contributed by atoms with van der Waals surface area (Å²) in [6, 6.07) is 9.00. The third kappa shape index (κ3) is 6.24. The highest BCUT2D eigenvalue weighted by Crippen LogP contribution is 2.41. The molecule has 3 aromatic rings. The molecule has 0 unspecified atom stereocenters. The number of carbonyl (C=O) groups excluding carboxylic acids is 1. The van der Waals surface area contributed by atoms with E-state index in [2.05, 4.69) is 20.6 Å². The Kier molecular flexibility index (Phi) is 7.37. The molecular formula is C24H25F3N5O5P. The molecule has 4 N–H and O–H groups in total. The molecule has 1 aromatic heterocycles. The van der Waals surface area contributed by atoms with Gasteiger partial charge in [-0.05, 0) is 43.7 Å². The van der Waals surface area contributed by atoms with Gasteiger partial charge in [-0.15, -0.1) is 0 Å². The molecule has 0 fully saturated rings. The van der Waals surface area contributed by atoms with Crippen molar-refractivity contribution >= 4 is 36.6 Å². The number of anilines is 4. The van der Waals surface area contributed by atoms with Gasteiger partial charge in [0.25, 0.3) is 5.91 Å². The molecule has 1 aliphatic rings. The van der Waals surface area contributed by atoms with Gasteiger partial charge in [0, 0.05) is 24.5 Å². The molecule has 14 heteroatoms. The van der Waals surface area contributed by atoms with Crippen molar-refractivity contribution in [1.82, 2.24) is 14.9 Å². The quantitative estimate of drug-likeness (QED) is 0.284. The van der Waals surface area contributed by atoms with Gasteiger partial charge in [0.2, 0.25) is 5.95 Å². The van der Waals surface area contributed by atoms with Gasteiger partial charge < -0.3 is 30.1 Å². The van der Waals surface area contributed by atoms with E-state index in [0.29, 0.717) is 28.8 Å². The molecule has 10 nitrogen and oxygen atoms in total. The maximum absolute atomic E-state index is 13.8. The van der Waals surface area contributed by atoms with E-state index < -0.39 is 31.3 Å². The zero-order chi connectivity index (χ0) is 27.8. The predicted octanol–water partition coefficient (Wildman–Crippen LogP) is 5.03. The minimum absolute atomic E-state index is 0.141. The monoisotopic (exact) mass is 551 g/mol. The Balaban J connectivity index is 1.68. The van der Waals surface area contributed by atoms with Crippen molar-refractivity contribution in [3.8, 4) is 5.75 Å². The van der Waals surface area contributed by atoms with E-state index in [9.17, 15) is 22.5 Å². The van der Waals surface area contributed by atoms with Gasteiger partial charge in [0.15, 0.2) is 0 Å². The van der Waals surface area contributed by atoms with Crippen LogP contribution in [0.3, 0.4) is 0 Å². The minimum Gasteiger partial charge on any atom is -0.491 e. The number of hydrogen-bond donors (Lipinski definition) is 4. The number of nitrogens with one attached hydrogen (secondary N) is 2. The highest BCUT2D eigenvalue weighted by Gasteiger charge is 2.37. The molecule has 0 radical (unpaired) electrons. The van der Waals surface area contributed by atoms with Gasteiger partial charge in [-0.1, -0.05) is 12.1 Å². The zero-order valence-electron chi connectivity index (χ0n) is 20.6. The molecule has 0 spiro atoms. The number of aromatic nitrogens is 2. The Morgan fingerprint density at radius 2 is 1.82 bits per heavy atom. The van der Waals surface area contributed by atoms with Gasteiger partial charge in [-0.3, -0.25) is 9.36 Å². The smallest absolute Gasteiger partial charge is 0.421 e. The number of nitrogens with zero attached hydrogens (tertiary/aromatic N) is 3. The summed E-state index contributed by atoms with van der Waals surface area (Å²) in [4.78, 5) is 40.3. The molecule has 1 amide bonds. The number of hydrogen-bond acceptors (Lipinski definition) is 7. The summed E-state index contributed by atoms with van der Waals surface area (Å²) in [5.41, 5.74) is 0.545. The van der Waals surface area contributed by atoms with Gasteiger partial charge in [0.05, 0.1) is 30.1 Å². The first-order valence-corrected chi connectivity index (χ1v) is 13.2. The lowest BCUT2D eigenvalue weighted by atomic mass is 10.1. The van der Waals surface area contributed by atoms with Crippen LogP contribution in [0.5, 0.6) is 5.75 Å². The molecule has 0 saturated heterocycles. The third-order valence-corrected chi connectivity index (χ3v) is 6.31. The van der Waals surface area contributed by atoms with Crippen LogP contribution in [0.25, 0.3) is 0 Å². The lowest BCUT2D eigenvalue weighted by molar-refractivity contribution is -0.137. The van der Waals surface area contributed by atoms with Gasteiger partial charge in [-0.2, -0.15) is 18.2 Å². The number of amides is 1. The molecule has 0 saturated carbocycles. The highest BCUT2D eigenvalue weighted by atomic mass is 31.2. The number of rotatable bonds is 8. The minimum atomic E-state index is -4.78. The standard InChI is InChI=1S/C24H25F3N5O5P/c1-13(2)37-19-9-8-18(20-16(19)11-32(3)22(20)33)30-21-17(24(25,26)27)10-28-23(31-21)29-15-6-4-14(5-7-15)12-38(34,35)36/h4-10,13H,11-12H2,1-3H3,(H2,34,35,36)(H2,28,29,30,31). The summed E-state index contributed by atoms with van der Waals surface area (Å²) in [5, 5.41) is 5.45. The average Bonchev–Trinajstić information content (AvgIpc) is 3.10. The third-order valence-electron chi connectivity index (χ3n) is 5.53. The van der Waals surface area contributed by atoms with E-state index in [4.69, 9.17) is 14.5 Å². The Hall–Kier alpha value is -3.67. The van der Waals surface area contributed by atoms with Crippen molar-refractivity contribution in [2.24, 2.45) is 0 Å². The molecule has 2 heterocycles. The number of benzene rings is 2. The Morgan fingerprint density at radius 3 is 2.42 bits per heavy atom. The lowest BCUT2D eigenvalue weighted by Crippen LogP contribution is -2.18. The molecule has 202 valence electrons. The number of fused-ring (bicyclic) bond motifs is 1. The van der Waals surface area contributed by atoms with E-state index in [1.165, 1.54) is 35.2 Å². The first-order valence-electron chi connectivity index (χ1n) is 11.4. The molecule has 2 aromatic carbocycles. The van der Waals surface area contributed by atoms with Crippen LogP contribution in [0.4, 0.5) is 36.3 Å². The molecule has 1 aliphatic heterocycles. The molecule has 0 bridgehead atoms. The van der Waals surface area contributed by atoms with E-state index in [-0.39, 0.29) is 35.8 Å². The second kappa shape index (κ2) is 10.2. The van der Waals surface area contributed by atoms with Crippen molar-refractivity contribution < 1.29 is 37.1 Å². The second-order valence-corrected chi connectivity index (χ2v) is 10.7. The van der Waals surface area contributed by atoms with Crippen molar-refractivity contribution in [3.63, 3.8) is 0 Å². The van der Waals surface area contributed by atoms with Crippen LogP contribution in [0.15, 0.2) is 42.6 Å². The van der Waals surface area contributed by atoms with Crippen LogP contribution in [-0.4, -0.2) is 43.7 Å². The Morgan fingerprint density at radius 1 is 1.13 bits per heavy atom. The molecule has 0 aliphatic carbocycles. The van der Waals surface area contributed by atoms with Crippen LogP contribution in [0.2, 0.25) is 0 Å². The summed E-state index contributed by atoms with van der Waals surface area (Å²) < 4.78 is 58.4. The van der Waals surface area contributed by atoms with E-state index in [0.717, 1.165) is 0 Å². The summed E-state index contributed by atoms with van der Waals surface area (Å²) in [7, 11) is -2.66. The van der Waals surface area contributed by atoms with Crippen LogP contribution in [0.1, 0.15) is 40.9 Å². The van der Waals surface area contributed by atoms with Crippen LogP contribution >= 0.6 is 7.60 Å². The molecule has 38 heavy (non-hydrogen) atoms. The molecular weight excluding hydrogens is 526 g/mol. The SMILES string of the molecule is CC(C)Oc1ccc(Nc2nc(Nc3ccc(CP(=O)(O)O)cc3)ncc2C(F)(F)F)c2c1CN(C)C2=O. The van der Waals surface area contributed by atoms with Crippen molar-refractivity contribution in [1.29, 1.82) is 0 Å². The zero-order valence-corrected chi connectivity index (χ0v) is 21.5. The summed E-state index contributed by atoms with van der Waals surface area (Å²) in [6.07, 6.45) is -4.77. The maximum Gasteiger partial charge on any atom is 0.421 e. The lowest BCUT2D eigenvalue weighted by Gasteiger charge is -2.18. The van der Waals surface area contributed by atoms with Crippen molar-refractivity contribution in [2.45, 2.75) is 38.8 Å². The summed E-state index contributed by atoms with van der Waals surface area (Å²) in [6.45, 7) is 3.90. The fraction of sp³-hybridized carbons (Fsp3) is 0.292. The van der Waals surface area contributed by atoms with Crippen LogP contribution in [0, 0.1) is 0 Å². The largest absolute Gasteiger partial charge is 0.491 e. The van der Waals surface area contributed by atoms with E-state index in [1.807, 2.05) is 13.8 Å². The Labute approximate surface area is 216 Å². The fourth-order valence-corrected chi connectivity index (χ4v) is 4.62. The van der Waals surface area contributed by atoms with Gasteiger partial charge in [-0.25, -0.2) is 4.98 Å².